The van der Waals surface area contributed by atoms with Crippen LogP contribution < -0.4 is 0 Å². The van der Waals surface area contributed by atoms with Gasteiger partial charge in [0.2, 0.25) is 0 Å². The summed E-state index contributed by atoms with van der Waals surface area (Å²) in [5, 5.41) is 0. The Morgan fingerprint density at radius 2 is 1.85 bits per heavy atom. The molecule has 0 unspecified atom stereocenters. The van der Waals surface area contributed by atoms with Gasteiger partial charge >= 0.3 is 5.97 Å². The fraction of sp³-hybridized carbons (Fsp3) is 0.375. The van der Waals surface area contributed by atoms with Gasteiger partial charge in [-0.15, -0.1) is 0 Å². The summed E-state index contributed by atoms with van der Waals surface area (Å²) in [4.78, 5) is 25.6. The average molecular weight is 275 g/mol. The predicted molar refractivity (Wildman–Crippen MR) is 78.2 cm³/mol. The fourth-order valence-electron chi connectivity index (χ4n) is 1.74. The highest BCUT2D eigenvalue weighted by Crippen LogP contribution is 2.09. The minimum Gasteiger partial charge on any atom is -0.462 e. The maximum absolute atomic E-state index is 12.2. The predicted octanol–water partition coefficient (Wildman–Crippen LogP) is 2.20. The molecular weight excluding hydrogens is 254 g/mol. The zero-order valence-electron chi connectivity index (χ0n) is 12.3. The van der Waals surface area contributed by atoms with E-state index in [-0.39, 0.29) is 18.0 Å². The second kappa shape index (κ2) is 8.15. The van der Waals surface area contributed by atoms with Crippen LogP contribution in [0.1, 0.15) is 18.9 Å². The molecule has 1 rings (SSSR count). The molecule has 0 radical (unpaired) electrons. The molecule has 0 saturated carbocycles. The van der Waals surface area contributed by atoms with Crippen molar-refractivity contribution in [1.82, 2.24) is 4.90 Å². The Morgan fingerprint density at radius 3 is 2.40 bits per heavy atom. The number of ether oxygens (including phenoxy) is 1. The highest BCUT2D eigenvalue weighted by molar-refractivity contribution is 6.17. The van der Waals surface area contributed by atoms with Gasteiger partial charge in [-0.25, -0.2) is 4.79 Å². The lowest BCUT2D eigenvalue weighted by Gasteiger charge is -2.10. The summed E-state index contributed by atoms with van der Waals surface area (Å²) in [7, 11) is 3.54. The van der Waals surface area contributed by atoms with E-state index in [9.17, 15) is 9.59 Å². The van der Waals surface area contributed by atoms with Crippen LogP contribution in [0.5, 0.6) is 0 Å². The van der Waals surface area contributed by atoms with Crippen molar-refractivity contribution in [1.29, 1.82) is 0 Å². The van der Waals surface area contributed by atoms with Crippen molar-refractivity contribution >= 4 is 11.8 Å². The van der Waals surface area contributed by atoms with Crippen LogP contribution in [0.2, 0.25) is 0 Å². The summed E-state index contributed by atoms with van der Waals surface area (Å²) in [5.41, 5.74) is 1.18. The van der Waals surface area contributed by atoms with Crippen LogP contribution in [0.15, 0.2) is 42.1 Å². The molecule has 0 N–H and O–H groups in total. The number of rotatable bonds is 7. The lowest BCUT2D eigenvalue weighted by molar-refractivity contribution is -0.140. The fourth-order valence-corrected chi connectivity index (χ4v) is 1.74. The van der Waals surface area contributed by atoms with Crippen molar-refractivity contribution in [3.63, 3.8) is 0 Å². The van der Waals surface area contributed by atoms with Crippen molar-refractivity contribution < 1.29 is 14.3 Å². The van der Waals surface area contributed by atoms with E-state index < -0.39 is 5.97 Å². The van der Waals surface area contributed by atoms with Gasteiger partial charge in [-0.3, -0.25) is 4.79 Å². The van der Waals surface area contributed by atoms with Crippen molar-refractivity contribution in [2.24, 2.45) is 0 Å². The first-order valence-corrected chi connectivity index (χ1v) is 6.67. The Labute approximate surface area is 120 Å². The van der Waals surface area contributed by atoms with Crippen LogP contribution in [-0.2, 0) is 20.7 Å². The van der Waals surface area contributed by atoms with E-state index in [1.807, 2.05) is 30.3 Å². The smallest absolute Gasteiger partial charge is 0.343 e. The zero-order valence-corrected chi connectivity index (χ0v) is 12.3. The highest BCUT2D eigenvalue weighted by atomic mass is 16.5. The Hall–Kier alpha value is -2.10. The number of nitrogens with zero attached hydrogens (tertiary/aromatic N) is 1. The summed E-state index contributed by atoms with van der Waals surface area (Å²) in [6, 6.07) is 9.73. The van der Waals surface area contributed by atoms with Gasteiger partial charge in [-0.2, -0.15) is 0 Å². The monoisotopic (exact) mass is 275 g/mol. The second-order valence-corrected chi connectivity index (χ2v) is 4.64. The van der Waals surface area contributed by atoms with Gasteiger partial charge in [0.15, 0.2) is 5.78 Å². The molecule has 0 spiro atoms. The number of Topliss-reactive ketones (excluding diaryl/α,β-unsaturated/α-hetero) is 1. The lowest BCUT2D eigenvalue weighted by atomic mass is 10.0. The normalized spacial score (nSPS) is 11.1. The molecule has 0 bridgehead atoms. The molecule has 0 saturated heterocycles. The quantitative estimate of drug-likeness (QED) is 0.331. The van der Waals surface area contributed by atoms with E-state index >= 15 is 0 Å². The Bertz CT molecular complexity index is 478. The summed E-state index contributed by atoms with van der Waals surface area (Å²) in [6.07, 6.45) is 2.43. The van der Waals surface area contributed by atoms with Gasteiger partial charge in [-0.1, -0.05) is 30.3 Å². The average Bonchev–Trinajstić information content (AvgIpc) is 2.43. The Balaban J connectivity index is 2.71. The molecule has 0 aliphatic heterocycles. The van der Waals surface area contributed by atoms with Gasteiger partial charge < -0.3 is 9.64 Å². The lowest BCUT2D eigenvalue weighted by Crippen LogP contribution is -2.19. The molecule has 0 aromatic heterocycles. The maximum atomic E-state index is 12.2. The molecule has 1 aromatic rings. The molecule has 4 nitrogen and oxygen atoms in total. The van der Waals surface area contributed by atoms with E-state index in [1.165, 1.54) is 6.20 Å². The summed E-state index contributed by atoms with van der Waals surface area (Å²) >= 11 is 0. The number of carbonyl (C=O) groups excluding carboxylic acids is 2. The molecule has 108 valence electrons. The van der Waals surface area contributed by atoms with Crippen molar-refractivity contribution in [2.45, 2.75) is 19.8 Å². The third-order valence-corrected chi connectivity index (χ3v) is 2.67. The van der Waals surface area contributed by atoms with Gasteiger partial charge in [0, 0.05) is 26.7 Å². The van der Waals surface area contributed by atoms with E-state index in [2.05, 4.69) is 0 Å². The van der Waals surface area contributed by atoms with Crippen LogP contribution in [0, 0.1) is 0 Å². The number of carbonyl (C=O) groups is 2. The number of hydrogen-bond acceptors (Lipinski definition) is 4. The van der Waals surface area contributed by atoms with Gasteiger partial charge in [0.1, 0.15) is 5.57 Å². The van der Waals surface area contributed by atoms with Crippen molar-refractivity contribution in [3.05, 3.63) is 47.7 Å². The van der Waals surface area contributed by atoms with E-state index in [1.54, 1.807) is 25.9 Å². The zero-order chi connectivity index (χ0) is 15.0. The maximum Gasteiger partial charge on any atom is 0.343 e. The standard InChI is InChI=1S/C16H21NO3/c1-4-20-16(19)14(12-17(2)3)15(18)11-10-13-8-6-5-7-9-13/h5-9,12H,4,10-11H2,1-3H3/b14-12-. The van der Waals surface area contributed by atoms with Crippen LogP contribution in [-0.4, -0.2) is 37.4 Å². The number of aryl methyl sites for hydroxylation is 1. The van der Waals surface area contributed by atoms with Crippen molar-refractivity contribution in [2.75, 3.05) is 20.7 Å². The van der Waals surface area contributed by atoms with Gasteiger partial charge in [-0.05, 0) is 18.9 Å². The molecule has 0 fully saturated rings. The minimum atomic E-state index is -0.556. The first-order chi connectivity index (χ1) is 9.54. The molecule has 0 aliphatic rings. The van der Waals surface area contributed by atoms with Crippen LogP contribution in [0.3, 0.4) is 0 Å². The second-order valence-electron chi connectivity index (χ2n) is 4.64. The minimum absolute atomic E-state index is 0.104. The Morgan fingerprint density at radius 1 is 1.20 bits per heavy atom. The largest absolute Gasteiger partial charge is 0.462 e. The molecule has 0 aliphatic carbocycles. The number of benzene rings is 1. The van der Waals surface area contributed by atoms with E-state index in [0.717, 1.165) is 5.56 Å². The van der Waals surface area contributed by atoms with Crippen LogP contribution in [0.4, 0.5) is 0 Å². The first kappa shape index (κ1) is 16.0. The number of esters is 1. The molecule has 1 aromatic carbocycles. The van der Waals surface area contributed by atoms with Gasteiger partial charge in [0.25, 0.3) is 0 Å². The first-order valence-electron chi connectivity index (χ1n) is 6.67. The van der Waals surface area contributed by atoms with E-state index in [0.29, 0.717) is 12.8 Å². The molecule has 0 amide bonds. The third-order valence-electron chi connectivity index (χ3n) is 2.67. The summed E-state index contributed by atoms with van der Waals surface area (Å²) in [5.74, 6) is -0.750. The van der Waals surface area contributed by atoms with E-state index in [4.69, 9.17) is 4.74 Å². The Kier molecular flexibility index (Phi) is 6.50. The third kappa shape index (κ3) is 5.26. The molecule has 4 heteroatoms. The SMILES string of the molecule is CCOC(=O)/C(=C\N(C)C)C(=O)CCc1ccccc1. The van der Waals surface area contributed by atoms with Gasteiger partial charge in [0.05, 0.1) is 6.61 Å². The van der Waals surface area contributed by atoms with Crippen LogP contribution in [0.25, 0.3) is 0 Å². The number of ketones is 1. The molecule has 20 heavy (non-hydrogen) atoms. The topological polar surface area (TPSA) is 46.6 Å². The highest BCUT2D eigenvalue weighted by Gasteiger charge is 2.19. The number of hydrogen-bond donors (Lipinski definition) is 0. The molecular formula is C16H21NO3. The summed E-state index contributed by atoms with van der Waals surface area (Å²) in [6.45, 7) is 1.98. The van der Waals surface area contributed by atoms with Crippen molar-refractivity contribution in [3.8, 4) is 0 Å². The van der Waals surface area contributed by atoms with Crippen LogP contribution >= 0.6 is 0 Å². The summed E-state index contributed by atoms with van der Waals surface area (Å²) < 4.78 is 4.92. The molecule has 0 heterocycles. The molecule has 0 atom stereocenters.